The minimum Gasteiger partial charge on any atom is -0.370 e. The zero-order chi connectivity index (χ0) is 48.2. The third-order valence-electron chi connectivity index (χ3n) is 9.12. The number of nitrogens with zero attached hydrogens (tertiary/aromatic N) is 2. The molecule has 0 bridgehead atoms. The van der Waals surface area contributed by atoms with Crippen LogP contribution in [-0.4, -0.2) is 120 Å². The summed E-state index contributed by atoms with van der Waals surface area (Å²) >= 11 is 0. The van der Waals surface area contributed by atoms with Gasteiger partial charge in [0.05, 0.1) is 37.2 Å². The molecule has 2 heterocycles. The lowest BCUT2D eigenvalue weighted by atomic mass is 10.1. The summed E-state index contributed by atoms with van der Waals surface area (Å²) in [5, 5.41) is 35.4. The average Bonchev–Trinajstić information content (AvgIpc) is 3.28. The van der Waals surface area contributed by atoms with E-state index in [-0.39, 0.29) is 49.0 Å². The van der Waals surface area contributed by atoms with E-state index in [0.29, 0.717) is 44.4 Å². The van der Waals surface area contributed by atoms with Gasteiger partial charge in [-0.1, -0.05) is 33.7 Å². The Labute approximate surface area is 384 Å². The lowest BCUT2D eigenvalue weighted by Crippen LogP contribution is -2.49. The van der Waals surface area contributed by atoms with Crippen molar-refractivity contribution in [2.45, 2.75) is 47.6 Å². The summed E-state index contributed by atoms with van der Waals surface area (Å²) in [5.41, 5.74) is 22.8. The van der Waals surface area contributed by atoms with E-state index in [1.165, 1.54) is 21.6 Å². The Bertz CT molecular complexity index is 2320. The van der Waals surface area contributed by atoms with E-state index < -0.39 is 85.5 Å². The largest absolute Gasteiger partial charge is 0.370 e. The highest BCUT2D eigenvalue weighted by molar-refractivity contribution is 8.76. The molecule has 0 saturated carbocycles. The maximum atomic E-state index is 13.3. The molecule has 0 spiro atoms. The maximum Gasteiger partial charge on any atom is 0.251 e. The molecule has 24 nitrogen and oxygen atoms in total. The monoisotopic (exact) mass is 946 g/mol. The van der Waals surface area contributed by atoms with Crippen molar-refractivity contribution in [1.29, 1.82) is 10.8 Å². The Hall–Kier alpha value is -7.74. The number of fused-ring (bicyclic) bond motifs is 2. The highest BCUT2D eigenvalue weighted by atomic mass is 33.1. The third kappa shape index (κ3) is 16.8. The Balaban J connectivity index is 1.34. The third-order valence-corrected chi connectivity index (χ3v) is 11.5. The number of benzene rings is 2. The van der Waals surface area contributed by atoms with Crippen LogP contribution in [-0.2, 0) is 28.8 Å². The van der Waals surface area contributed by atoms with Crippen LogP contribution in [0.5, 0.6) is 0 Å². The number of nitrogens with two attached hydrogens (primary N) is 4. The van der Waals surface area contributed by atoms with E-state index >= 15 is 0 Å². The molecule has 0 radical (unpaired) electrons. The van der Waals surface area contributed by atoms with E-state index in [4.69, 9.17) is 33.8 Å². The molecular weight excluding hydrogens is 897 g/mol. The van der Waals surface area contributed by atoms with Crippen molar-refractivity contribution in [2.24, 2.45) is 22.9 Å². The van der Waals surface area contributed by atoms with Crippen LogP contribution in [0.2, 0.25) is 0 Å². The quantitative estimate of drug-likeness (QED) is 0.0144. The van der Waals surface area contributed by atoms with Crippen molar-refractivity contribution in [3.05, 3.63) is 72.1 Å². The second kappa shape index (κ2) is 25.5. The fourth-order valence-electron chi connectivity index (χ4n) is 5.93. The molecule has 2 atom stereocenters. The molecule has 4 rings (SSSR count). The van der Waals surface area contributed by atoms with Gasteiger partial charge >= 0.3 is 0 Å². The summed E-state index contributed by atoms with van der Waals surface area (Å²) in [6.07, 6.45) is 4.28. The molecule has 0 saturated heterocycles. The molecule has 0 aliphatic rings. The fourth-order valence-corrected chi connectivity index (χ4v) is 8.25. The molecule has 0 aliphatic carbocycles. The fraction of sp³-hybridized carbons (Fsp3) is 0.300. The predicted octanol–water partition coefficient (Wildman–Crippen LogP) is -2.26. The van der Waals surface area contributed by atoms with Crippen LogP contribution in [0.4, 0.5) is 0 Å². The SMILES string of the molecule is N=C(N)NCCC[C@H](NC(=O)CNC(=O)CNC(=O)c1cc(SSc2cc(C(=O)NCC(=O)NCC(=O)N[C@H](CCCNC(=N)N)C(N)=O)cc3cccnc23)c2ncccc2c1)C(N)=O. The van der Waals surface area contributed by atoms with Crippen LogP contribution < -0.4 is 65.5 Å². The summed E-state index contributed by atoms with van der Waals surface area (Å²) in [6, 6.07) is 11.3. The summed E-state index contributed by atoms with van der Waals surface area (Å²) in [4.78, 5) is 110. The molecule has 350 valence electrons. The van der Waals surface area contributed by atoms with Crippen LogP contribution >= 0.6 is 21.6 Å². The van der Waals surface area contributed by atoms with Crippen molar-refractivity contribution in [2.75, 3.05) is 39.3 Å². The predicted molar refractivity (Wildman–Crippen MR) is 246 cm³/mol. The number of hydrogen-bond acceptors (Lipinski definition) is 14. The van der Waals surface area contributed by atoms with Crippen molar-refractivity contribution >= 4 is 103 Å². The molecule has 0 fully saturated rings. The van der Waals surface area contributed by atoms with Crippen molar-refractivity contribution in [1.82, 2.24) is 52.5 Å². The highest BCUT2D eigenvalue weighted by Crippen LogP contribution is 2.43. The van der Waals surface area contributed by atoms with Crippen LogP contribution in [0.3, 0.4) is 0 Å². The van der Waals surface area contributed by atoms with Gasteiger partial charge in [-0.3, -0.25) is 59.1 Å². The molecule has 2 aromatic carbocycles. The van der Waals surface area contributed by atoms with Crippen LogP contribution in [0, 0.1) is 10.8 Å². The van der Waals surface area contributed by atoms with Crippen LogP contribution in [0.25, 0.3) is 21.8 Å². The first kappa shape index (κ1) is 50.9. The molecule has 8 amide bonds. The van der Waals surface area contributed by atoms with Gasteiger partial charge in [-0.25, -0.2) is 0 Å². The Morgan fingerprint density at radius 1 is 0.530 bits per heavy atom. The molecule has 26 heteroatoms. The van der Waals surface area contributed by atoms with Gasteiger partial charge in [-0.05, 0) is 62.1 Å². The Kier molecular flexibility index (Phi) is 19.7. The number of carbonyl (C=O) groups excluding carboxylic acids is 8. The molecule has 4 aromatic rings. The number of aromatic nitrogens is 2. The van der Waals surface area contributed by atoms with Crippen LogP contribution in [0.15, 0.2) is 70.7 Å². The summed E-state index contributed by atoms with van der Waals surface area (Å²) in [6.45, 7) is -1.36. The van der Waals surface area contributed by atoms with E-state index in [0.717, 1.165) is 0 Å². The standard InChI is InChI=1S/C40H50N16O8S2/c41-35(61)25(7-3-11-49-39(43)44)55-31(59)19-51-29(57)17-53-37(63)23-13-21-5-1-9-47-33(21)27(15-23)65-66-28-16-24(14-22-6-2-10-48-34(22)28)38(64)54-18-30(58)52-20-32(60)56-26(36(42)62)8-4-12-50-40(45)46/h1-2,5-6,9-10,13-16,25-26H,3-4,7-8,11-12,17-20H2,(H2,41,61)(H2,42,62)(H,51,57)(H,52,58)(H,53,63)(H,54,64)(H,55,59)(H,56,60)(H4,43,44,49)(H4,45,46,50)/t25-,26+. The van der Waals surface area contributed by atoms with E-state index in [9.17, 15) is 38.4 Å². The summed E-state index contributed by atoms with van der Waals surface area (Å²) in [5.74, 6) is -5.94. The van der Waals surface area contributed by atoms with Gasteiger partial charge in [0.15, 0.2) is 11.9 Å². The normalized spacial score (nSPS) is 11.6. The lowest BCUT2D eigenvalue weighted by Gasteiger charge is -2.16. The average molecular weight is 947 g/mol. The minimum absolute atomic E-state index is 0.172. The summed E-state index contributed by atoms with van der Waals surface area (Å²) in [7, 11) is 2.48. The second-order valence-corrected chi connectivity index (χ2v) is 16.4. The number of hydrogen-bond donors (Lipinski definition) is 14. The topological polar surface area (TPSA) is 410 Å². The Morgan fingerprint density at radius 2 is 0.909 bits per heavy atom. The van der Waals surface area contributed by atoms with Gasteiger partial charge in [0.25, 0.3) is 11.8 Å². The zero-order valence-corrected chi connectivity index (χ0v) is 36.9. The minimum atomic E-state index is -1.01. The molecular formula is C40H50N16O8S2. The first-order chi connectivity index (χ1) is 31.5. The van der Waals surface area contributed by atoms with Gasteiger partial charge in [0.2, 0.25) is 35.4 Å². The van der Waals surface area contributed by atoms with Crippen molar-refractivity contribution in [3.8, 4) is 0 Å². The van der Waals surface area contributed by atoms with E-state index in [1.807, 2.05) is 0 Å². The number of rotatable bonds is 25. The van der Waals surface area contributed by atoms with E-state index in [2.05, 4.69) is 52.5 Å². The zero-order valence-electron chi connectivity index (χ0n) is 35.3. The van der Waals surface area contributed by atoms with Gasteiger partial charge in [-0.15, -0.1) is 0 Å². The lowest BCUT2D eigenvalue weighted by molar-refractivity contribution is -0.128. The first-order valence-corrected chi connectivity index (χ1v) is 22.2. The number of carbonyl (C=O) groups is 8. The van der Waals surface area contributed by atoms with Gasteiger partial charge < -0.3 is 65.5 Å². The number of guanidine groups is 2. The highest BCUT2D eigenvalue weighted by Gasteiger charge is 2.21. The van der Waals surface area contributed by atoms with Crippen LogP contribution in [0.1, 0.15) is 46.4 Å². The summed E-state index contributed by atoms with van der Waals surface area (Å²) < 4.78 is 0. The second-order valence-electron chi connectivity index (χ2n) is 14.2. The number of amides is 8. The molecule has 18 N–H and O–H groups in total. The van der Waals surface area contributed by atoms with Gasteiger partial charge in [-0.2, -0.15) is 0 Å². The Morgan fingerprint density at radius 3 is 1.27 bits per heavy atom. The molecule has 0 aliphatic heterocycles. The molecule has 2 aromatic heterocycles. The number of primary amides is 2. The maximum absolute atomic E-state index is 13.3. The first-order valence-electron chi connectivity index (χ1n) is 20.1. The molecule has 66 heavy (non-hydrogen) atoms. The van der Waals surface area contributed by atoms with Crippen molar-refractivity contribution < 1.29 is 38.4 Å². The van der Waals surface area contributed by atoms with Crippen molar-refractivity contribution in [3.63, 3.8) is 0 Å². The smallest absolute Gasteiger partial charge is 0.251 e. The number of nitrogens with one attached hydrogen (secondary N) is 10. The number of pyridine rings is 2. The van der Waals surface area contributed by atoms with Gasteiger partial charge in [0, 0.05) is 57.2 Å². The van der Waals surface area contributed by atoms with E-state index in [1.54, 1.807) is 60.9 Å². The van der Waals surface area contributed by atoms with Gasteiger partial charge in [0.1, 0.15) is 12.1 Å². The molecule has 0 unspecified atom stereocenters.